The number of hydrogen-bond acceptors (Lipinski definition) is 2. The lowest BCUT2D eigenvalue weighted by atomic mass is 9.99. The third-order valence-electron chi connectivity index (χ3n) is 3.85. The van der Waals surface area contributed by atoms with Crippen molar-refractivity contribution in [2.24, 2.45) is 5.92 Å². The molecule has 2 aliphatic rings. The summed E-state index contributed by atoms with van der Waals surface area (Å²) in [4.78, 5) is 26.9. The highest BCUT2D eigenvalue weighted by Gasteiger charge is 2.35. The molecule has 0 aromatic heterocycles. The highest BCUT2D eigenvalue weighted by Crippen LogP contribution is 2.26. The Morgan fingerprint density at radius 2 is 2.15 bits per heavy atom. The van der Waals surface area contributed by atoms with Crippen LogP contribution in [0.5, 0.6) is 0 Å². The molecule has 0 saturated carbocycles. The number of carbonyl (C=O) groups excluding carboxylic acids is 2. The maximum absolute atomic E-state index is 13.1. The van der Waals surface area contributed by atoms with Gasteiger partial charge in [-0.3, -0.25) is 9.59 Å². The third kappa shape index (κ3) is 2.26. The van der Waals surface area contributed by atoms with E-state index in [1.165, 1.54) is 18.2 Å². The maximum atomic E-state index is 13.1. The molecule has 106 valence electrons. The molecule has 1 aromatic rings. The Morgan fingerprint density at radius 3 is 2.85 bits per heavy atom. The van der Waals surface area contributed by atoms with E-state index in [0.717, 1.165) is 5.56 Å². The quantitative estimate of drug-likeness (QED) is 0.793. The van der Waals surface area contributed by atoms with Crippen LogP contribution in [-0.4, -0.2) is 47.1 Å². The number of hydrogen-bond donors (Lipinski definition) is 0. The second-order valence-electron chi connectivity index (χ2n) is 5.29. The number of halogens is 2. The summed E-state index contributed by atoms with van der Waals surface area (Å²) in [6, 6.07) is 4.26. The molecule has 2 amide bonds. The summed E-state index contributed by atoms with van der Waals surface area (Å²) in [5, 5.41) is 0. The number of carbonyl (C=O) groups is 2. The minimum atomic E-state index is -0.319. The summed E-state index contributed by atoms with van der Waals surface area (Å²) < 4.78 is 13.1. The van der Waals surface area contributed by atoms with E-state index in [-0.39, 0.29) is 29.4 Å². The molecule has 1 saturated heterocycles. The van der Waals surface area contributed by atoms with E-state index in [9.17, 15) is 14.0 Å². The van der Waals surface area contributed by atoms with E-state index in [0.29, 0.717) is 31.7 Å². The Labute approximate surface area is 121 Å². The molecular formula is C14H14ClFN2O2. The van der Waals surface area contributed by atoms with Crippen molar-refractivity contribution in [1.82, 2.24) is 9.80 Å². The van der Waals surface area contributed by atoms with Gasteiger partial charge in [0.1, 0.15) is 11.7 Å². The van der Waals surface area contributed by atoms with E-state index in [4.69, 9.17) is 11.6 Å². The van der Waals surface area contributed by atoms with Crippen LogP contribution in [0.3, 0.4) is 0 Å². The molecule has 3 rings (SSSR count). The molecule has 0 unspecified atom stereocenters. The van der Waals surface area contributed by atoms with Gasteiger partial charge in [-0.05, 0) is 23.8 Å². The summed E-state index contributed by atoms with van der Waals surface area (Å²) in [5.41, 5.74) is 1.32. The van der Waals surface area contributed by atoms with Gasteiger partial charge < -0.3 is 9.80 Å². The third-order valence-corrected chi connectivity index (χ3v) is 4.08. The zero-order valence-electron chi connectivity index (χ0n) is 10.8. The molecule has 0 N–H and O–H groups in total. The van der Waals surface area contributed by atoms with Crippen molar-refractivity contribution in [3.05, 3.63) is 35.1 Å². The molecule has 0 aliphatic carbocycles. The fraction of sp³-hybridized carbons (Fsp3) is 0.429. The van der Waals surface area contributed by atoms with Crippen LogP contribution >= 0.6 is 11.6 Å². The van der Waals surface area contributed by atoms with Gasteiger partial charge in [-0.1, -0.05) is 0 Å². The second kappa shape index (κ2) is 5.05. The molecular weight excluding hydrogens is 283 g/mol. The lowest BCUT2D eigenvalue weighted by Gasteiger charge is -2.40. The molecule has 0 spiro atoms. The molecule has 0 radical (unpaired) electrons. The van der Waals surface area contributed by atoms with Crippen LogP contribution in [0.1, 0.15) is 15.9 Å². The smallest absolute Gasteiger partial charge is 0.254 e. The summed E-state index contributed by atoms with van der Waals surface area (Å²) in [6.07, 6.45) is 0. The number of benzene rings is 1. The highest BCUT2D eigenvalue weighted by molar-refractivity contribution is 6.27. The fourth-order valence-electron chi connectivity index (χ4n) is 2.78. The lowest BCUT2D eigenvalue weighted by molar-refractivity contribution is -0.134. The normalized spacial score (nSPS) is 18.2. The number of amides is 2. The van der Waals surface area contributed by atoms with Crippen LogP contribution < -0.4 is 0 Å². The first-order valence-electron chi connectivity index (χ1n) is 6.50. The summed E-state index contributed by atoms with van der Waals surface area (Å²) >= 11 is 5.49. The number of nitrogens with zero attached hydrogens (tertiary/aromatic N) is 2. The van der Waals surface area contributed by atoms with Gasteiger partial charge in [0.25, 0.3) is 5.91 Å². The van der Waals surface area contributed by atoms with Crippen molar-refractivity contribution in [2.45, 2.75) is 6.54 Å². The van der Waals surface area contributed by atoms with Gasteiger partial charge in [-0.2, -0.15) is 0 Å². The molecule has 0 atom stereocenters. The van der Waals surface area contributed by atoms with Crippen molar-refractivity contribution in [1.29, 1.82) is 0 Å². The van der Waals surface area contributed by atoms with Crippen molar-refractivity contribution in [2.75, 3.05) is 25.5 Å². The Bertz CT molecular complexity index is 572. The average molecular weight is 297 g/mol. The molecule has 2 heterocycles. The SMILES string of the molecule is O=C(CCl)N1CC(CN2Cc3cc(F)ccc3C2=O)C1. The van der Waals surface area contributed by atoms with E-state index >= 15 is 0 Å². The van der Waals surface area contributed by atoms with E-state index < -0.39 is 0 Å². The monoisotopic (exact) mass is 296 g/mol. The first-order valence-corrected chi connectivity index (χ1v) is 7.03. The first kappa shape index (κ1) is 13.4. The van der Waals surface area contributed by atoms with Crippen LogP contribution in [-0.2, 0) is 11.3 Å². The summed E-state index contributed by atoms with van der Waals surface area (Å²) in [5.74, 6) is -0.158. The minimum Gasteiger partial charge on any atom is -0.341 e. The Kier molecular flexibility index (Phi) is 3.38. The van der Waals surface area contributed by atoms with Crippen LogP contribution in [0.4, 0.5) is 4.39 Å². The lowest BCUT2D eigenvalue weighted by Crippen LogP contribution is -2.54. The van der Waals surface area contributed by atoms with Crippen molar-refractivity contribution in [3.8, 4) is 0 Å². The molecule has 0 bridgehead atoms. The Hall–Kier alpha value is -1.62. The van der Waals surface area contributed by atoms with Crippen molar-refractivity contribution >= 4 is 23.4 Å². The van der Waals surface area contributed by atoms with Crippen LogP contribution in [0, 0.1) is 11.7 Å². The molecule has 2 aliphatic heterocycles. The number of fused-ring (bicyclic) bond motifs is 1. The zero-order chi connectivity index (χ0) is 14.3. The van der Waals surface area contributed by atoms with E-state index in [1.54, 1.807) is 9.80 Å². The fourth-order valence-corrected chi connectivity index (χ4v) is 2.95. The van der Waals surface area contributed by atoms with Crippen LogP contribution in [0.15, 0.2) is 18.2 Å². The van der Waals surface area contributed by atoms with Crippen molar-refractivity contribution < 1.29 is 14.0 Å². The van der Waals surface area contributed by atoms with Gasteiger partial charge in [-0.25, -0.2) is 4.39 Å². The van der Waals surface area contributed by atoms with Gasteiger partial charge >= 0.3 is 0 Å². The molecule has 1 fully saturated rings. The van der Waals surface area contributed by atoms with Gasteiger partial charge in [0.15, 0.2) is 0 Å². The predicted octanol–water partition coefficient (Wildman–Crippen LogP) is 1.48. The molecule has 4 nitrogen and oxygen atoms in total. The molecule has 6 heteroatoms. The van der Waals surface area contributed by atoms with Gasteiger partial charge in [0.05, 0.1) is 0 Å². The summed E-state index contributed by atoms with van der Waals surface area (Å²) in [7, 11) is 0. The maximum Gasteiger partial charge on any atom is 0.254 e. The number of alkyl halides is 1. The van der Waals surface area contributed by atoms with E-state index in [1.807, 2.05) is 0 Å². The number of rotatable bonds is 3. The number of likely N-dealkylation sites (tertiary alicyclic amines) is 1. The average Bonchev–Trinajstić information content (AvgIpc) is 2.68. The Morgan fingerprint density at radius 1 is 1.40 bits per heavy atom. The zero-order valence-corrected chi connectivity index (χ0v) is 11.6. The van der Waals surface area contributed by atoms with Gasteiger partial charge in [0, 0.05) is 37.7 Å². The second-order valence-corrected chi connectivity index (χ2v) is 5.55. The molecule has 1 aromatic carbocycles. The first-order chi connectivity index (χ1) is 9.58. The predicted molar refractivity (Wildman–Crippen MR) is 71.9 cm³/mol. The van der Waals surface area contributed by atoms with Crippen LogP contribution in [0.2, 0.25) is 0 Å². The highest BCUT2D eigenvalue weighted by atomic mass is 35.5. The van der Waals surface area contributed by atoms with Gasteiger partial charge in [-0.15, -0.1) is 11.6 Å². The summed E-state index contributed by atoms with van der Waals surface area (Å²) in [6.45, 7) is 2.33. The largest absolute Gasteiger partial charge is 0.341 e. The molecule has 20 heavy (non-hydrogen) atoms. The minimum absolute atomic E-state index is 0.0000823. The van der Waals surface area contributed by atoms with E-state index in [2.05, 4.69) is 0 Å². The van der Waals surface area contributed by atoms with Crippen LogP contribution in [0.25, 0.3) is 0 Å². The van der Waals surface area contributed by atoms with Crippen molar-refractivity contribution in [3.63, 3.8) is 0 Å². The standard InChI is InChI=1S/C14H14ClFN2O2/c15-4-13(19)17-5-9(6-17)7-18-8-10-3-11(16)1-2-12(10)14(18)20/h1-3,9H,4-8H2. The topological polar surface area (TPSA) is 40.6 Å². The Balaban J connectivity index is 1.59. The van der Waals surface area contributed by atoms with Gasteiger partial charge in [0.2, 0.25) is 5.91 Å².